The Balaban J connectivity index is 1.89. The van der Waals surface area contributed by atoms with E-state index in [9.17, 15) is 14.4 Å². The summed E-state index contributed by atoms with van der Waals surface area (Å²) in [5, 5.41) is 2.76. The third kappa shape index (κ3) is 6.22. The molecule has 12 heteroatoms. The van der Waals surface area contributed by atoms with Crippen molar-refractivity contribution in [3.63, 3.8) is 0 Å². The normalized spacial score (nSPS) is 19.7. The van der Waals surface area contributed by atoms with Gasteiger partial charge in [-0.25, -0.2) is 13.2 Å². The van der Waals surface area contributed by atoms with Crippen molar-refractivity contribution in [3.8, 4) is 0 Å². The summed E-state index contributed by atoms with van der Waals surface area (Å²) in [6, 6.07) is -0.389. The van der Waals surface area contributed by atoms with Gasteiger partial charge in [-0.1, -0.05) is 0 Å². The molecule has 2 fully saturated rings. The van der Waals surface area contributed by atoms with E-state index in [1.807, 2.05) is 0 Å². The zero-order chi connectivity index (χ0) is 26.4. The fourth-order valence-electron chi connectivity index (χ4n) is 3.89. The maximum Gasteiger partial charge on any atom is 0.325 e. The topological polar surface area (TPSA) is 107 Å². The van der Waals surface area contributed by atoms with Crippen LogP contribution in [-0.2, 0) is 23.8 Å². The minimum Gasteiger partial charge on any atom is -0.465 e. The Labute approximate surface area is 207 Å². The van der Waals surface area contributed by atoms with Gasteiger partial charge in [0.2, 0.25) is 0 Å². The first kappa shape index (κ1) is 27.6. The van der Waals surface area contributed by atoms with Crippen molar-refractivity contribution in [1.29, 1.82) is 0 Å². The van der Waals surface area contributed by atoms with Crippen LogP contribution in [-0.4, -0.2) is 82.1 Å². The number of rotatable bonds is 11. The predicted octanol–water partition coefficient (Wildman–Crippen LogP) is 2.06. The van der Waals surface area contributed by atoms with Crippen LogP contribution < -0.4 is 10.2 Å². The number of benzene rings is 1. The molecule has 0 spiro atoms. The average Bonchev–Trinajstić information content (AvgIpc) is 3.67. The Bertz CT molecular complexity index is 1020. The van der Waals surface area contributed by atoms with Gasteiger partial charge in [0.1, 0.15) is 23.7 Å². The highest BCUT2D eigenvalue weighted by Gasteiger charge is 2.37. The molecule has 3 rings (SSSR count). The summed E-state index contributed by atoms with van der Waals surface area (Å²) in [7, 11) is 1.51. The molecule has 0 bridgehead atoms. The zero-order valence-corrected chi connectivity index (χ0v) is 20.4. The molecule has 1 heterocycles. The Morgan fingerprint density at radius 3 is 2.44 bits per heavy atom. The Kier molecular flexibility index (Phi) is 9.43. The number of carbonyl (C=O) groups excluding carboxylic acids is 3. The molecule has 1 aliphatic heterocycles. The van der Waals surface area contributed by atoms with E-state index in [4.69, 9.17) is 14.2 Å². The van der Waals surface area contributed by atoms with Crippen LogP contribution in [0.1, 0.15) is 37.0 Å². The van der Waals surface area contributed by atoms with Crippen molar-refractivity contribution in [2.45, 2.75) is 44.9 Å². The highest BCUT2D eigenvalue weighted by molar-refractivity contribution is 6.18. The summed E-state index contributed by atoms with van der Waals surface area (Å²) in [5.74, 6) is -8.74. The summed E-state index contributed by atoms with van der Waals surface area (Å²) in [5.41, 5.74) is -1.62. The lowest BCUT2D eigenvalue weighted by molar-refractivity contribution is -0.150. The first-order chi connectivity index (χ1) is 17.2. The molecule has 1 aromatic carbocycles. The Morgan fingerprint density at radius 1 is 1.17 bits per heavy atom. The number of esters is 2. The lowest BCUT2D eigenvalue weighted by Crippen LogP contribution is -2.55. The maximum atomic E-state index is 15.2. The van der Waals surface area contributed by atoms with E-state index in [0.717, 1.165) is 19.1 Å². The summed E-state index contributed by atoms with van der Waals surface area (Å²) in [6.07, 6.45) is 1.80. The van der Waals surface area contributed by atoms with Gasteiger partial charge in [-0.2, -0.15) is 0 Å². The molecule has 2 aliphatic rings. The Hall–Kier alpha value is -2.99. The molecule has 3 atom stereocenters. The fourth-order valence-corrected chi connectivity index (χ4v) is 3.89. The van der Waals surface area contributed by atoms with Gasteiger partial charge in [0.05, 0.1) is 25.4 Å². The lowest BCUT2D eigenvalue weighted by atomic mass is 9.97. The van der Waals surface area contributed by atoms with Crippen molar-refractivity contribution in [2.75, 3.05) is 44.9 Å². The van der Waals surface area contributed by atoms with Gasteiger partial charge in [-0.15, -0.1) is 0 Å². The summed E-state index contributed by atoms with van der Waals surface area (Å²) < 4.78 is 60.9. The number of halogens is 3. The molecular formula is C24H30F3N3O6. The van der Waals surface area contributed by atoms with E-state index in [2.05, 4.69) is 10.3 Å². The van der Waals surface area contributed by atoms with Gasteiger partial charge in [0.25, 0.3) is 0 Å². The monoisotopic (exact) mass is 513 g/mol. The summed E-state index contributed by atoms with van der Waals surface area (Å²) in [4.78, 5) is 42.8. The second-order valence-electron chi connectivity index (χ2n) is 8.38. The standard InChI is InChI=1S/C24H30F3N3O6/c1-4-34-23(32)15(11-29-13-6-7-13)22(31)14-10-16(25)21(19(27)18(14)26)30-8-9-36-17(12-30)20(28-3)24(33)35-5-2/h10-11,13,15,17,20,28H,4-9,12H2,1-3H3. The number of Topliss-reactive ketones (excluding diaryl/α,β-unsaturated/α-hetero) is 1. The highest BCUT2D eigenvalue weighted by atomic mass is 19.2. The van der Waals surface area contributed by atoms with Crippen molar-refractivity contribution < 1.29 is 41.8 Å². The van der Waals surface area contributed by atoms with Crippen LogP contribution in [0.15, 0.2) is 11.1 Å². The van der Waals surface area contributed by atoms with Crippen LogP contribution in [0, 0.1) is 23.4 Å². The van der Waals surface area contributed by atoms with Crippen molar-refractivity contribution in [2.24, 2.45) is 10.9 Å². The van der Waals surface area contributed by atoms with Gasteiger partial charge >= 0.3 is 11.9 Å². The number of carbonyl (C=O) groups is 3. The van der Waals surface area contributed by atoms with Crippen LogP contribution in [0.4, 0.5) is 18.9 Å². The van der Waals surface area contributed by atoms with Gasteiger partial charge < -0.3 is 24.4 Å². The number of ether oxygens (including phenoxy) is 3. The predicted molar refractivity (Wildman–Crippen MR) is 124 cm³/mol. The molecule has 0 amide bonds. The molecule has 0 radical (unpaired) electrons. The van der Waals surface area contributed by atoms with Crippen LogP contribution in [0.25, 0.3) is 0 Å². The third-order valence-electron chi connectivity index (χ3n) is 5.85. The number of nitrogens with one attached hydrogen (secondary N) is 1. The second kappa shape index (κ2) is 12.3. The molecule has 9 nitrogen and oxygen atoms in total. The fraction of sp³-hybridized carbons (Fsp3) is 0.583. The molecule has 1 aliphatic carbocycles. The lowest BCUT2D eigenvalue weighted by Gasteiger charge is -2.37. The molecule has 1 N–H and O–H groups in total. The van der Waals surface area contributed by atoms with Crippen LogP contribution in [0.2, 0.25) is 0 Å². The Morgan fingerprint density at radius 2 is 1.83 bits per heavy atom. The SMILES string of the molecule is CCOC(=O)C(C=NC1CC1)C(=O)c1cc(F)c(N2CCOC(C(NC)C(=O)OCC)C2)c(F)c1F. The molecule has 1 saturated heterocycles. The van der Waals surface area contributed by atoms with Crippen LogP contribution >= 0.6 is 0 Å². The van der Waals surface area contributed by atoms with Crippen molar-refractivity contribution in [1.82, 2.24) is 5.32 Å². The molecule has 1 aromatic rings. The molecule has 198 valence electrons. The van der Waals surface area contributed by atoms with E-state index in [1.165, 1.54) is 18.9 Å². The number of nitrogens with zero attached hydrogens (tertiary/aromatic N) is 2. The van der Waals surface area contributed by atoms with E-state index in [-0.39, 0.29) is 39.0 Å². The number of likely N-dealkylation sites (N-methyl/N-ethyl adjacent to an activating group) is 1. The van der Waals surface area contributed by atoms with Gasteiger partial charge in [-0.05, 0) is 39.8 Å². The van der Waals surface area contributed by atoms with Crippen LogP contribution in [0.3, 0.4) is 0 Å². The van der Waals surface area contributed by atoms with Crippen LogP contribution in [0.5, 0.6) is 0 Å². The molecule has 1 saturated carbocycles. The first-order valence-corrected chi connectivity index (χ1v) is 11.8. The number of ketones is 1. The summed E-state index contributed by atoms with van der Waals surface area (Å²) >= 11 is 0. The van der Waals surface area contributed by atoms with E-state index in [0.29, 0.717) is 6.07 Å². The van der Waals surface area contributed by atoms with E-state index >= 15 is 13.2 Å². The van der Waals surface area contributed by atoms with Gasteiger partial charge in [0, 0.05) is 25.3 Å². The third-order valence-corrected chi connectivity index (χ3v) is 5.85. The molecular weight excluding hydrogens is 483 g/mol. The molecule has 36 heavy (non-hydrogen) atoms. The largest absolute Gasteiger partial charge is 0.465 e. The number of hydrogen-bond donors (Lipinski definition) is 1. The average molecular weight is 514 g/mol. The van der Waals surface area contributed by atoms with Gasteiger partial charge in [-0.3, -0.25) is 19.4 Å². The second-order valence-corrected chi connectivity index (χ2v) is 8.38. The first-order valence-electron chi connectivity index (χ1n) is 11.8. The minimum absolute atomic E-state index is 0.00595. The smallest absolute Gasteiger partial charge is 0.325 e. The maximum absolute atomic E-state index is 15.2. The zero-order valence-electron chi connectivity index (χ0n) is 20.4. The van der Waals surface area contributed by atoms with Crippen molar-refractivity contribution >= 4 is 29.6 Å². The number of morpholine rings is 1. The summed E-state index contributed by atoms with van der Waals surface area (Å²) in [6.45, 7) is 3.13. The molecule has 0 aromatic heterocycles. The van der Waals surface area contributed by atoms with E-state index < -0.39 is 64.5 Å². The minimum atomic E-state index is -1.63. The molecule has 3 unspecified atom stereocenters. The van der Waals surface area contributed by atoms with Crippen molar-refractivity contribution in [3.05, 3.63) is 29.1 Å². The number of aliphatic imine (C=N–C) groups is 1. The quantitative estimate of drug-likeness (QED) is 0.158. The highest BCUT2D eigenvalue weighted by Crippen LogP contribution is 2.31. The van der Waals surface area contributed by atoms with Gasteiger partial charge in [0.15, 0.2) is 23.3 Å². The van der Waals surface area contributed by atoms with E-state index in [1.54, 1.807) is 6.92 Å². The number of anilines is 1. The number of hydrogen-bond acceptors (Lipinski definition) is 9.